The molecule has 1 aromatic carbocycles. The van der Waals surface area contributed by atoms with E-state index < -0.39 is 11.9 Å². The first-order chi connectivity index (χ1) is 10.6. The summed E-state index contributed by atoms with van der Waals surface area (Å²) in [4.78, 5) is 31.4. The van der Waals surface area contributed by atoms with E-state index in [1.165, 1.54) is 13.2 Å². The fourth-order valence-corrected chi connectivity index (χ4v) is 1.67. The molecule has 0 unspecified atom stereocenters. The number of carbonyl (C=O) groups excluding carboxylic acids is 2. The van der Waals surface area contributed by atoms with Crippen molar-refractivity contribution in [3.8, 4) is 17.3 Å². The number of aromatic nitrogens is 2. The van der Waals surface area contributed by atoms with Crippen LogP contribution in [0.5, 0.6) is 5.88 Å². The summed E-state index contributed by atoms with van der Waals surface area (Å²) >= 11 is 0. The van der Waals surface area contributed by atoms with E-state index in [0.29, 0.717) is 5.82 Å². The average Bonchev–Trinajstić information content (AvgIpc) is 2.55. The van der Waals surface area contributed by atoms with Gasteiger partial charge in [-0.2, -0.15) is 4.98 Å². The molecule has 0 radical (unpaired) electrons. The smallest absolute Gasteiger partial charge is 0.397 e. The molecular weight excluding hydrogens is 286 g/mol. The van der Waals surface area contributed by atoms with Crippen LogP contribution in [0, 0.1) is 0 Å². The third-order valence-electron chi connectivity index (χ3n) is 2.65. The van der Waals surface area contributed by atoms with Gasteiger partial charge in [0.05, 0.1) is 13.7 Å². The van der Waals surface area contributed by atoms with Crippen molar-refractivity contribution in [3.63, 3.8) is 0 Å². The molecule has 22 heavy (non-hydrogen) atoms. The number of rotatable bonds is 4. The standard InChI is InChI=1S/C15H15N3O4/c1-3-22-15(20)14(19)17-11-9-12(21-2)18-13(16-11)10-7-5-4-6-8-10/h4-9H,3H2,1-2H3,(H,16,17,18,19). The van der Waals surface area contributed by atoms with Crippen LogP contribution in [0.3, 0.4) is 0 Å². The molecule has 2 rings (SSSR count). The molecule has 0 bridgehead atoms. The van der Waals surface area contributed by atoms with Crippen molar-refractivity contribution >= 4 is 17.7 Å². The molecule has 7 nitrogen and oxygen atoms in total. The van der Waals surface area contributed by atoms with Gasteiger partial charge >= 0.3 is 11.9 Å². The summed E-state index contributed by atoms with van der Waals surface area (Å²) in [6.45, 7) is 1.74. The molecule has 0 saturated heterocycles. The SMILES string of the molecule is CCOC(=O)C(=O)Nc1cc(OC)nc(-c2ccccc2)n1. The quantitative estimate of drug-likeness (QED) is 0.682. The molecule has 0 atom stereocenters. The fraction of sp³-hybridized carbons (Fsp3) is 0.200. The Morgan fingerprint density at radius 1 is 1.18 bits per heavy atom. The predicted octanol–water partition coefficient (Wildman–Crippen LogP) is 1.65. The maximum Gasteiger partial charge on any atom is 0.397 e. The largest absolute Gasteiger partial charge is 0.481 e. The highest BCUT2D eigenvalue weighted by Crippen LogP contribution is 2.21. The minimum absolute atomic E-state index is 0.120. The lowest BCUT2D eigenvalue weighted by Crippen LogP contribution is -2.25. The monoisotopic (exact) mass is 301 g/mol. The van der Waals surface area contributed by atoms with Crippen LogP contribution < -0.4 is 10.1 Å². The van der Waals surface area contributed by atoms with Crippen molar-refractivity contribution in [1.29, 1.82) is 0 Å². The van der Waals surface area contributed by atoms with Crippen molar-refractivity contribution in [3.05, 3.63) is 36.4 Å². The van der Waals surface area contributed by atoms with Gasteiger partial charge in [0, 0.05) is 11.6 Å². The Morgan fingerprint density at radius 3 is 2.55 bits per heavy atom. The van der Waals surface area contributed by atoms with Gasteiger partial charge in [0.25, 0.3) is 0 Å². The number of amides is 1. The van der Waals surface area contributed by atoms with E-state index in [2.05, 4.69) is 20.0 Å². The van der Waals surface area contributed by atoms with Crippen molar-refractivity contribution < 1.29 is 19.1 Å². The van der Waals surface area contributed by atoms with Gasteiger partial charge in [-0.05, 0) is 6.92 Å². The van der Waals surface area contributed by atoms with Crippen LogP contribution in [0.25, 0.3) is 11.4 Å². The molecule has 0 aliphatic heterocycles. The molecule has 7 heteroatoms. The summed E-state index contributed by atoms with van der Waals surface area (Å²) in [5.74, 6) is -1.07. The molecular formula is C15H15N3O4. The van der Waals surface area contributed by atoms with Crippen LogP contribution >= 0.6 is 0 Å². The molecule has 0 saturated carbocycles. The van der Waals surface area contributed by atoms with Crippen LogP contribution in [0.1, 0.15) is 6.92 Å². The summed E-state index contributed by atoms with van der Waals surface area (Å²) in [6.07, 6.45) is 0. The number of nitrogens with one attached hydrogen (secondary N) is 1. The number of anilines is 1. The summed E-state index contributed by atoms with van der Waals surface area (Å²) in [6, 6.07) is 10.6. The van der Waals surface area contributed by atoms with Gasteiger partial charge in [-0.1, -0.05) is 30.3 Å². The maximum absolute atomic E-state index is 11.7. The van der Waals surface area contributed by atoms with E-state index in [9.17, 15) is 9.59 Å². The molecule has 0 aliphatic rings. The molecule has 0 spiro atoms. The lowest BCUT2D eigenvalue weighted by atomic mass is 10.2. The van der Waals surface area contributed by atoms with E-state index in [4.69, 9.17) is 4.74 Å². The first-order valence-electron chi connectivity index (χ1n) is 6.60. The highest BCUT2D eigenvalue weighted by molar-refractivity contribution is 6.37. The maximum atomic E-state index is 11.7. The van der Waals surface area contributed by atoms with Crippen molar-refractivity contribution in [1.82, 2.24) is 9.97 Å². The molecule has 0 aliphatic carbocycles. The number of esters is 1. The Kier molecular flexibility index (Phi) is 5.02. The second kappa shape index (κ2) is 7.16. The minimum atomic E-state index is -0.971. The van der Waals surface area contributed by atoms with Crippen LogP contribution in [0.4, 0.5) is 5.82 Å². The van der Waals surface area contributed by atoms with E-state index in [1.807, 2.05) is 30.3 Å². The Hall–Kier alpha value is -2.96. The predicted molar refractivity (Wildman–Crippen MR) is 79.3 cm³/mol. The topological polar surface area (TPSA) is 90.4 Å². The average molecular weight is 301 g/mol. The number of benzene rings is 1. The van der Waals surface area contributed by atoms with E-state index in [1.54, 1.807) is 6.92 Å². The van der Waals surface area contributed by atoms with E-state index >= 15 is 0 Å². The van der Waals surface area contributed by atoms with Crippen LogP contribution in [-0.2, 0) is 14.3 Å². The van der Waals surface area contributed by atoms with Gasteiger partial charge in [0.1, 0.15) is 5.82 Å². The number of hydrogen-bond acceptors (Lipinski definition) is 6. The van der Waals surface area contributed by atoms with Crippen molar-refractivity contribution in [2.24, 2.45) is 0 Å². The van der Waals surface area contributed by atoms with Crippen molar-refractivity contribution in [2.45, 2.75) is 6.92 Å². The first kappa shape index (κ1) is 15.4. The highest BCUT2D eigenvalue weighted by Gasteiger charge is 2.17. The van der Waals surface area contributed by atoms with Gasteiger partial charge in [-0.15, -0.1) is 0 Å². The zero-order chi connectivity index (χ0) is 15.9. The van der Waals surface area contributed by atoms with E-state index in [0.717, 1.165) is 5.56 Å². The Morgan fingerprint density at radius 2 is 1.91 bits per heavy atom. The van der Waals surface area contributed by atoms with Crippen LogP contribution in [0.2, 0.25) is 0 Å². The van der Waals surface area contributed by atoms with Gasteiger partial charge < -0.3 is 14.8 Å². The third-order valence-corrected chi connectivity index (χ3v) is 2.65. The van der Waals surface area contributed by atoms with Gasteiger partial charge in [0.15, 0.2) is 5.82 Å². The Balaban J connectivity index is 2.28. The second-order valence-corrected chi connectivity index (χ2v) is 4.16. The van der Waals surface area contributed by atoms with Gasteiger partial charge in [-0.3, -0.25) is 4.79 Å². The zero-order valence-corrected chi connectivity index (χ0v) is 12.2. The molecule has 0 fully saturated rings. The molecule has 1 aromatic heterocycles. The Bertz CT molecular complexity index is 674. The molecule has 114 valence electrons. The summed E-state index contributed by atoms with van der Waals surface area (Å²) in [5, 5.41) is 2.37. The Labute approximate surface area is 127 Å². The zero-order valence-electron chi connectivity index (χ0n) is 12.2. The van der Waals surface area contributed by atoms with Crippen molar-refractivity contribution in [2.75, 3.05) is 19.0 Å². The third kappa shape index (κ3) is 3.78. The normalized spacial score (nSPS) is 9.91. The number of ether oxygens (including phenoxy) is 2. The molecule has 2 aromatic rings. The summed E-state index contributed by atoms with van der Waals surface area (Å²) < 4.78 is 9.71. The molecule has 1 amide bonds. The summed E-state index contributed by atoms with van der Waals surface area (Å²) in [7, 11) is 1.45. The number of methoxy groups -OCH3 is 1. The number of hydrogen-bond donors (Lipinski definition) is 1. The molecule has 1 heterocycles. The second-order valence-electron chi connectivity index (χ2n) is 4.16. The number of nitrogens with zero attached hydrogens (tertiary/aromatic N) is 2. The fourth-order valence-electron chi connectivity index (χ4n) is 1.67. The van der Waals surface area contributed by atoms with E-state index in [-0.39, 0.29) is 18.3 Å². The van der Waals surface area contributed by atoms with Gasteiger partial charge in [0.2, 0.25) is 5.88 Å². The lowest BCUT2D eigenvalue weighted by Gasteiger charge is -2.08. The van der Waals surface area contributed by atoms with Gasteiger partial charge in [-0.25, -0.2) is 9.78 Å². The first-order valence-corrected chi connectivity index (χ1v) is 6.60. The highest BCUT2D eigenvalue weighted by atomic mass is 16.5. The molecule has 1 N–H and O–H groups in total. The van der Waals surface area contributed by atoms with Crippen LogP contribution in [-0.4, -0.2) is 35.6 Å². The summed E-state index contributed by atoms with van der Waals surface area (Å²) in [5.41, 5.74) is 0.757. The van der Waals surface area contributed by atoms with Crippen LogP contribution in [0.15, 0.2) is 36.4 Å². The lowest BCUT2D eigenvalue weighted by molar-refractivity contribution is -0.152. The number of carbonyl (C=O) groups is 2. The minimum Gasteiger partial charge on any atom is -0.481 e.